The molecule has 1 aromatic rings. The van der Waals surface area contributed by atoms with Gasteiger partial charge in [0.2, 0.25) is 5.95 Å². The molecule has 0 aromatic carbocycles. The van der Waals surface area contributed by atoms with Crippen molar-refractivity contribution in [2.24, 2.45) is 0 Å². The summed E-state index contributed by atoms with van der Waals surface area (Å²) in [6.45, 7) is 1.81. The molecule has 0 saturated carbocycles. The van der Waals surface area contributed by atoms with Crippen molar-refractivity contribution in [1.29, 1.82) is 0 Å². The molecule has 2 rings (SSSR count). The van der Waals surface area contributed by atoms with Gasteiger partial charge in [-0.25, -0.2) is 9.97 Å². The maximum atomic E-state index is 9.04. The zero-order valence-corrected chi connectivity index (χ0v) is 8.20. The second-order valence-electron chi connectivity index (χ2n) is 3.36. The molecule has 15 heavy (non-hydrogen) atoms. The molecule has 1 aliphatic heterocycles. The van der Waals surface area contributed by atoms with E-state index in [9.17, 15) is 0 Å². The van der Waals surface area contributed by atoms with E-state index in [4.69, 9.17) is 14.9 Å². The average molecular weight is 211 g/mol. The number of hydrogen-bond acceptors (Lipinski definition) is 6. The molecular formula is C9H13N3O3. The van der Waals surface area contributed by atoms with Crippen molar-refractivity contribution in [3.8, 4) is 5.75 Å². The van der Waals surface area contributed by atoms with E-state index in [1.54, 1.807) is 0 Å². The monoisotopic (exact) mass is 211 g/mol. The van der Waals surface area contributed by atoms with Gasteiger partial charge in [0.05, 0.1) is 31.7 Å². The number of morpholine rings is 1. The van der Waals surface area contributed by atoms with Crippen molar-refractivity contribution in [1.82, 2.24) is 9.97 Å². The molecule has 0 aliphatic carbocycles. The van der Waals surface area contributed by atoms with Gasteiger partial charge < -0.3 is 19.8 Å². The second-order valence-corrected chi connectivity index (χ2v) is 3.36. The van der Waals surface area contributed by atoms with Crippen molar-refractivity contribution in [2.45, 2.75) is 6.10 Å². The minimum atomic E-state index is -0.184. The molecule has 2 N–H and O–H groups in total. The quantitative estimate of drug-likeness (QED) is 0.678. The van der Waals surface area contributed by atoms with E-state index >= 15 is 0 Å². The molecular weight excluding hydrogens is 198 g/mol. The molecule has 82 valence electrons. The maximum absolute atomic E-state index is 9.04. The van der Waals surface area contributed by atoms with Crippen LogP contribution in [0.1, 0.15) is 0 Å². The molecule has 1 aromatic heterocycles. The SMILES string of the molecule is OC[C@H]1CN(c2ncc(O)cn2)CCO1. The zero-order chi connectivity index (χ0) is 10.7. The Kier molecular flexibility index (Phi) is 2.98. The smallest absolute Gasteiger partial charge is 0.225 e. The van der Waals surface area contributed by atoms with Gasteiger partial charge in [-0.1, -0.05) is 0 Å². The van der Waals surface area contributed by atoms with E-state index in [0.717, 1.165) is 0 Å². The van der Waals surface area contributed by atoms with Crippen molar-refractivity contribution >= 4 is 5.95 Å². The van der Waals surface area contributed by atoms with Crippen LogP contribution < -0.4 is 4.90 Å². The van der Waals surface area contributed by atoms with Gasteiger partial charge in [-0.2, -0.15) is 0 Å². The Hall–Kier alpha value is -1.40. The lowest BCUT2D eigenvalue weighted by Crippen LogP contribution is -2.44. The number of aliphatic hydroxyl groups excluding tert-OH is 1. The normalized spacial score (nSPS) is 21.7. The number of aromatic hydroxyl groups is 1. The zero-order valence-electron chi connectivity index (χ0n) is 8.20. The Morgan fingerprint density at radius 1 is 1.47 bits per heavy atom. The second kappa shape index (κ2) is 4.41. The fourth-order valence-electron chi connectivity index (χ4n) is 1.49. The molecule has 1 aliphatic rings. The molecule has 1 saturated heterocycles. The third-order valence-corrected chi connectivity index (χ3v) is 2.25. The molecule has 6 heteroatoms. The van der Waals surface area contributed by atoms with Crippen molar-refractivity contribution in [2.75, 3.05) is 31.2 Å². The van der Waals surface area contributed by atoms with Crippen molar-refractivity contribution < 1.29 is 14.9 Å². The Labute approximate surface area is 87.2 Å². The van der Waals surface area contributed by atoms with Crippen LogP contribution in [0.25, 0.3) is 0 Å². The largest absolute Gasteiger partial charge is 0.505 e. The Bertz CT molecular complexity index is 317. The lowest BCUT2D eigenvalue weighted by Gasteiger charge is -2.31. The molecule has 1 fully saturated rings. The molecule has 6 nitrogen and oxygen atoms in total. The summed E-state index contributed by atoms with van der Waals surface area (Å²) in [5, 5.41) is 18.0. The van der Waals surface area contributed by atoms with E-state index in [1.165, 1.54) is 12.4 Å². The van der Waals surface area contributed by atoms with Crippen LogP contribution in [0, 0.1) is 0 Å². The molecule has 0 bridgehead atoms. The first-order valence-corrected chi connectivity index (χ1v) is 4.78. The number of rotatable bonds is 2. The van der Waals surface area contributed by atoms with Gasteiger partial charge in [-0.3, -0.25) is 0 Å². The van der Waals surface area contributed by atoms with Crippen molar-refractivity contribution in [3.63, 3.8) is 0 Å². The summed E-state index contributed by atoms with van der Waals surface area (Å²) in [5.41, 5.74) is 0. The fourth-order valence-corrected chi connectivity index (χ4v) is 1.49. The van der Waals surface area contributed by atoms with Crippen molar-refractivity contribution in [3.05, 3.63) is 12.4 Å². The summed E-state index contributed by atoms with van der Waals surface area (Å²) < 4.78 is 5.31. The number of aromatic nitrogens is 2. The summed E-state index contributed by atoms with van der Waals surface area (Å²) in [7, 11) is 0. The fraction of sp³-hybridized carbons (Fsp3) is 0.556. The molecule has 0 radical (unpaired) electrons. The maximum Gasteiger partial charge on any atom is 0.225 e. The van der Waals surface area contributed by atoms with Crippen LogP contribution in [0.3, 0.4) is 0 Å². The summed E-state index contributed by atoms with van der Waals surface area (Å²) in [4.78, 5) is 9.92. The predicted molar refractivity (Wildman–Crippen MR) is 52.7 cm³/mol. The Balaban J connectivity index is 2.06. The van der Waals surface area contributed by atoms with Crippen LogP contribution >= 0.6 is 0 Å². The first-order valence-electron chi connectivity index (χ1n) is 4.78. The Morgan fingerprint density at radius 3 is 2.87 bits per heavy atom. The highest BCUT2D eigenvalue weighted by atomic mass is 16.5. The first kappa shape index (κ1) is 10.1. The standard InChI is InChI=1S/C9H13N3O3/c13-6-8-5-12(1-2-15-8)9-10-3-7(14)4-11-9/h3-4,8,13-14H,1-2,5-6H2/t8-/m1/s1. The minimum Gasteiger partial charge on any atom is -0.505 e. The number of anilines is 1. The third-order valence-electron chi connectivity index (χ3n) is 2.25. The van der Waals surface area contributed by atoms with Gasteiger partial charge in [-0.15, -0.1) is 0 Å². The molecule has 0 unspecified atom stereocenters. The number of ether oxygens (including phenoxy) is 1. The van der Waals surface area contributed by atoms with E-state index in [2.05, 4.69) is 9.97 Å². The van der Waals surface area contributed by atoms with Crippen LogP contribution in [0.4, 0.5) is 5.95 Å². The molecule has 0 spiro atoms. The highest BCUT2D eigenvalue weighted by Gasteiger charge is 2.21. The molecule has 2 heterocycles. The highest BCUT2D eigenvalue weighted by molar-refractivity contribution is 5.31. The summed E-state index contributed by atoms with van der Waals surface area (Å²) in [6.07, 6.45) is 2.52. The van der Waals surface area contributed by atoms with Gasteiger partial charge in [0.15, 0.2) is 5.75 Å². The first-order chi connectivity index (χ1) is 7.29. The predicted octanol–water partition coefficient (Wildman–Crippen LogP) is -0.620. The van der Waals surface area contributed by atoms with Crippen LogP contribution in [0.15, 0.2) is 12.4 Å². The van der Waals surface area contributed by atoms with Crippen LogP contribution in [-0.2, 0) is 4.74 Å². The van der Waals surface area contributed by atoms with E-state index in [0.29, 0.717) is 25.6 Å². The van der Waals surface area contributed by atoms with Gasteiger partial charge >= 0.3 is 0 Å². The summed E-state index contributed by atoms with van der Waals surface area (Å²) >= 11 is 0. The summed E-state index contributed by atoms with van der Waals surface area (Å²) in [5.74, 6) is 0.597. The van der Waals surface area contributed by atoms with Gasteiger partial charge in [0, 0.05) is 13.1 Å². The van der Waals surface area contributed by atoms with Crippen LogP contribution in [0.2, 0.25) is 0 Å². The lowest BCUT2D eigenvalue weighted by atomic mass is 10.3. The average Bonchev–Trinajstić information content (AvgIpc) is 2.30. The lowest BCUT2D eigenvalue weighted by molar-refractivity contribution is 0.00313. The number of nitrogens with zero attached hydrogens (tertiary/aromatic N) is 3. The molecule has 0 amide bonds. The summed E-state index contributed by atoms with van der Waals surface area (Å²) in [6, 6.07) is 0. The highest BCUT2D eigenvalue weighted by Crippen LogP contribution is 2.14. The number of hydrogen-bond donors (Lipinski definition) is 2. The van der Waals surface area contributed by atoms with Crippen LogP contribution in [-0.4, -0.2) is 52.6 Å². The Morgan fingerprint density at radius 2 is 2.20 bits per heavy atom. The van der Waals surface area contributed by atoms with Crippen LogP contribution in [0.5, 0.6) is 5.75 Å². The van der Waals surface area contributed by atoms with E-state index in [1.807, 2.05) is 4.90 Å². The number of aliphatic hydroxyl groups is 1. The van der Waals surface area contributed by atoms with Gasteiger partial charge in [0.1, 0.15) is 0 Å². The van der Waals surface area contributed by atoms with E-state index < -0.39 is 0 Å². The third kappa shape index (κ3) is 2.34. The topological polar surface area (TPSA) is 78.7 Å². The molecule has 1 atom stereocenters. The van der Waals surface area contributed by atoms with Gasteiger partial charge in [0.25, 0.3) is 0 Å². The minimum absolute atomic E-state index is 0.00537. The van der Waals surface area contributed by atoms with E-state index in [-0.39, 0.29) is 18.5 Å². The van der Waals surface area contributed by atoms with Gasteiger partial charge in [-0.05, 0) is 0 Å².